The molecule has 17 heavy (non-hydrogen) atoms. The van der Waals surface area contributed by atoms with Gasteiger partial charge in [-0.25, -0.2) is 4.79 Å². The van der Waals surface area contributed by atoms with Gasteiger partial charge in [0.2, 0.25) is 5.91 Å². The van der Waals surface area contributed by atoms with Gasteiger partial charge in [-0.1, -0.05) is 15.9 Å². The van der Waals surface area contributed by atoms with Gasteiger partial charge >= 0.3 is 5.97 Å². The van der Waals surface area contributed by atoms with E-state index in [4.69, 9.17) is 5.11 Å². The van der Waals surface area contributed by atoms with Crippen LogP contribution in [0.4, 0.5) is 5.69 Å². The number of halogens is 1. The molecule has 1 aliphatic rings. The summed E-state index contributed by atoms with van der Waals surface area (Å²) in [6.45, 7) is 1.40. The van der Waals surface area contributed by atoms with Gasteiger partial charge in [-0.3, -0.25) is 9.69 Å². The quantitative estimate of drug-likeness (QED) is 0.864. The largest absolute Gasteiger partial charge is 0.480 e. The number of hydrogen-bond donors (Lipinski definition) is 1. The molecule has 1 heterocycles. The Morgan fingerprint density at radius 3 is 2.76 bits per heavy atom. The van der Waals surface area contributed by atoms with E-state index in [2.05, 4.69) is 15.9 Å². The van der Waals surface area contributed by atoms with Crippen LogP contribution in [-0.2, 0) is 16.0 Å². The highest BCUT2D eigenvalue weighted by Gasteiger charge is 2.33. The average Bonchev–Trinajstić information content (AvgIpc) is 2.26. The Morgan fingerprint density at radius 1 is 1.47 bits per heavy atom. The number of aryl methyl sites for hydroxylation is 1. The third kappa shape index (κ3) is 2.20. The second kappa shape index (κ2) is 4.49. The van der Waals surface area contributed by atoms with Gasteiger partial charge in [-0.2, -0.15) is 0 Å². The zero-order valence-electron chi connectivity index (χ0n) is 9.31. The minimum Gasteiger partial charge on any atom is -0.480 e. The Bertz CT molecular complexity index is 487. The fourth-order valence-electron chi connectivity index (χ4n) is 2.20. The van der Waals surface area contributed by atoms with Crippen LogP contribution in [0, 0.1) is 0 Å². The smallest absolute Gasteiger partial charge is 0.326 e. The SMILES string of the molecule is CC(=O)N1c2ccc(Br)cc2CCC1C(=O)O. The van der Waals surface area contributed by atoms with Crippen LogP contribution < -0.4 is 4.90 Å². The van der Waals surface area contributed by atoms with E-state index in [9.17, 15) is 9.59 Å². The maximum absolute atomic E-state index is 11.6. The van der Waals surface area contributed by atoms with Gasteiger partial charge in [-0.15, -0.1) is 0 Å². The predicted molar refractivity (Wildman–Crippen MR) is 67.0 cm³/mol. The fraction of sp³-hybridized carbons (Fsp3) is 0.333. The predicted octanol–water partition coefficient (Wildman–Crippen LogP) is 2.20. The molecule has 0 radical (unpaired) electrons. The van der Waals surface area contributed by atoms with E-state index in [1.807, 2.05) is 12.1 Å². The van der Waals surface area contributed by atoms with Crippen molar-refractivity contribution in [2.24, 2.45) is 0 Å². The van der Waals surface area contributed by atoms with Crippen LogP contribution >= 0.6 is 15.9 Å². The van der Waals surface area contributed by atoms with E-state index in [1.54, 1.807) is 6.07 Å². The van der Waals surface area contributed by atoms with E-state index in [0.717, 1.165) is 10.0 Å². The van der Waals surface area contributed by atoms with Crippen LogP contribution in [0.1, 0.15) is 18.9 Å². The molecule has 0 aliphatic carbocycles. The van der Waals surface area contributed by atoms with Crippen molar-refractivity contribution in [3.63, 3.8) is 0 Å². The Morgan fingerprint density at radius 2 is 2.18 bits per heavy atom. The molecule has 4 nitrogen and oxygen atoms in total. The Hall–Kier alpha value is -1.36. The van der Waals surface area contributed by atoms with Crippen LogP contribution in [0.25, 0.3) is 0 Å². The van der Waals surface area contributed by atoms with E-state index in [1.165, 1.54) is 11.8 Å². The third-order valence-corrected chi connectivity index (χ3v) is 3.42. The number of carboxylic acid groups (broad SMARTS) is 1. The minimum absolute atomic E-state index is 0.235. The van der Waals surface area contributed by atoms with Crippen molar-refractivity contribution in [3.8, 4) is 0 Å². The first kappa shape index (κ1) is 12.1. The highest BCUT2D eigenvalue weighted by atomic mass is 79.9. The molecule has 1 aromatic carbocycles. The summed E-state index contributed by atoms with van der Waals surface area (Å²) in [6.07, 6.45) is 1.13. The summed E-state index contributed by atoms with van der Waals surface area (Å²) in [7, 11) is 0. The number of carbonyl (C=O) groups excluding carboxylic acids is 1. The summed E-state index contributed by atoms with van der Waals surface area (Å²) in [5.74, 6) is -1.19. The number of amides is 1. The molecule has 0 saturated carbocycles. The summed E-state index contributed by atoms with van der Waals surface area (Å²) in [6, 6.07) is 4.79. The van der Waals surface area contributed by atoms with Crippen molar-refractivity contribution in [2.75, 3.05) is 4.90 Å². The van der Waals surface area contributed by atoms with Crippen LogP contribution in [0.2, 0.25) is 0 Å². The zero-order chi connectivity index (χ0) is 12.6. The molecule has 1 amide bonds. The van der Waals surface area contributed by atoms with E-state index in [0.29, 0.717) is 18.5 Å². The molecule has 0 bridgehead atoms. The Kier molecular flexibility index (Phi) is 3.19. The number of aliphatic carboxylic acids is 1. The fourth-order valence-corrected chi connectivity index (χ4v) is 2.61. The number of benzene rings is 1. The Balaban J connectivity index is 2.49. The second-order valence-electron chi connectivity index (χ2n) is 4.05. The highest BCUT2D eigenvalue weighted by Crippen LogP contribution is 2.32. The van der Waals surface area contributed by atoms with E-state index in [-0.39, 0.29) is 5.91 Å². The molecule has 0 saturated heterocycles. The van der Waals surface area contributed by atoms with Crippen molar-refractivity contribution in [1.82, 2.24) is 0 Å². The number of rotatable bonds is 1. The monoisotopic (exact) mass is 297 g/mol. The number of carboxylic acids is 1. The lowest BCUT2D eigenvalue weighted by Crippen LogP contribution is -2.47. The topological polar surface area (TPSA) is 57.6 Å². The average molecular weight is 298 g/mol. The molecule has 5 heteroatoms. The molecular formula is C12H12BrNO3. The third-order valence-electron chi connectivity index (χ3n) is 2.92. The lowest BCUT2D eigenvalue weighted by Gasteiger charge is -2.34. The molecule has 1 N–H and O–H groups in total. The molecule has 0 fully saturated rings. The molecule has 1 aromatic rings. The van der Waals surface area contributed by atoms with Crippen molar-refractivity contribution >= 4 is 33.5 Å². The maximum atomic E-state index is 11.6. The first-order valence-electron chi connectivity index (χ1n) is 5.31. The van der Waals surface area contributed by atoms with Crippen LogP contribution in [0.5, 0.6) is 0 Å². The van der Waals surface area contributed by atoms with Gasteiger partial charge in [-0.05, 0) is 36.6 Å². The Labute approximate surface area is 107 Å². The van der Waals surface area contributed by atoms with Crippen LogP contribution in [-0.4, -0.2) is 23.0 Å². The molecule has 90 valence electrons. The summed E-state index contributed by atoms with van der Waals surface area (Å²) in [5, 5.41) is 9.13. The van der Waals surface area contributed by atoms with E-state index >= 15 is 0 Å². The highest BCUT2D eigenvalue weighted by molar-refractivity contribution is 9.10. The van der Waals surface area contributed by atoms with E-state index < -0.39 is 12.0 Å². The number of hydrogen-bond acceptors (Lipinski definition) is 2. The summed E-state index contributed by atoms with van der Waals surface area (Å²) in [5.41, 5.74) is 1.71. The van der Waals surface area contributed by atoms with Gasteiger partial charge in [0.25, 0.3) is 0 Å². The van der Waals surface area contributed by atoms with Crippen LogP contribution in [0.3, 0.4) is 0 Å². The van der Waals surface area contributed by atoms with Crippen molar-refractivity contribution in [3.05, 3.63) is 28.2 Å². The molecule has 0 spiro atoms. The molecule has 2 rings (SSSR count). The number of anilines is 1. The standard InChI is InChI=1S/C12H12BrNO3/c1-7(15)14-10-5-3-9(13)6-8(10)2-4-11(14)12(16)17/h3,5-6,11H,2,4H2,1H3,(H,16,17). The van der Waals surface area contributed by atoms with Crippen molar-refractivity contribution in [2.45, 2.75) is 25.8 Å². The number of fused-ring (bicyclic) bond motifs is 1. The summed E-state index contributed by atoms with van der Waals surface area (Å²) >= 11 is 3.37. The zero-order valence-corrected chi connectivity index (χ0v) is 10.9. The summed E-state index contributed by atoms with van der Waals surface area (Å²) < 4.78 is 0.938. The molecule has 1 unspecified atom stereocenters. The maximum Gasteiger partial charge on any atom is 0.326 e. The van der Waals surface area contributed by atoms with Gasteiger partial charge in [0.1, 0.15) is 6.04 Å². The first-order valence-corrected chi connectivity index (χ1v) is 6.11. The van der Waals surface area contributed by atoms with Gasteiger partial charge in [0.05, 0.1) is 0 Å². The lowest BCUT2D eigenvalue weighted by atomic mass is 9.95. The number of carbonyl (C=O) groups is 2. The van der Waals surface area contributed by atoms with Crippen molar-refractivity contribution in [1.29, 1.82) is 0 Å². The number of nitrogens with zero attached hydrogens (tertiary/aromatic N) is 1. The lowest BCUT2D eigenvalue weighted by molar-refractivity contribution is -0.140. The van der Waals surface area contributed by atoms with Gasteiger partial charge in [0, 0.05) is 17.1 Å². The normalized spacial score (nSPS) is 18.7. The second-order valence-corrected chi connectivity index (χ2v) is 4.97. The van der Waals surface area contributed by atoms with Gasteiger partial charge < -0.3 is 5.11 Å². The van der Waals surface area contributed by atoms with Crippen LogP contribution in [0.15, 0.2) is 22.7 Å². The summed E-state index contributed by atoms with van der Waals surface area (Å²) in [4.78, 5) is 24.1. The first-order chi connectivity index (χ1) is 8.00. The molecule has 0 aromatic heterocycles. The molecule has 1 atom stereocenters. The van der Waals surface area contributed by atoms with Crippen molar-refractivity contribution < 1.29 is 14.7 Å². The van der Waals surface area contributed by atoms with Gasteiger partial charge in [0.15, 0.2) is 0 Å². The molecular weight excluding hydrogens is 286 g/mol. The molecule has 1 aliphatic heterocycles. The minimum atomic E-state index is -0.950.